The summed E-state index contributed by atoms with van der Waals surface area (Å²) in [6.45, 7) is 0. The predicted molar refractivity (Wildman–Crippen MR) is 82.2 cm³/mol. The molecule has 0 radical (unpaired) electrons. The van der Waals surface area contributed by atoms with Crippen molar-refractivity contribution in [3.63, 3.8) is 0 Å². The average Bonchev–Trinajstić information content (AvgIpc) is 2.54. The fourth-order valence-electron chi connectivity index (χ4n) is 8.92. The van der Waals surface area contributed by atoms with Crippen molar-refractivity contribution >= 4 is 0 Å². The van der Waals surface area contributed by atoms with Gasteiger partial charge >= 0.3 is 0 Å². The minimum absolute atomic E-state index is 0.600. The topological polar surface area (TPSA) is 18.5 Å². The Morgan fingerprint density at radius 3 is 1.68 bits per heavy atom. The Morgan fingerprint density at radius 1 is 0.818 bits per heavy atom. The van der Waals surface area contributed by atoms with E-state index in [2.05, 4.69) is 24.3 Å². The molecule has 8 rings (SSSR count). The highest BCUT2D eigenvalue weighted by Gasteiger charge is 3.01. The maximum absolute atomic E-state index is 5.79. The second-order valence-electron chi connectivity index (χ2n) is 8.42. The molecule has 22 heavy (non-hydrogen) atoms. The maximum Gasteiger partial charge on any atom is 0.122 e. The van der Waals surface area contributed by atoms with Gasteiger partial charge in [0.05, 0.1) is 14.2 Å². The second-order valence-corrected chi connectivity index (χ2v) is 8.42. The quantitative estimate of drug-likeness (QED) is 0.773. The van der Waals surface area contributed by atoms with Gasteiger partial charge in [-0.25, -0.2) is 0 Å². The number of methoxy groups -OCH3 is 2. The van der Waals surface area contributed by atoms with Gasteiger partial charge in [0.15, 0.2) is 0 Å². The zero-order valence-corrected chi connectivity index (χ0v) is 13.0. The lowest BCUT2D eigenvalue weighted by Gasteiger charge is -3.03. The summed E-state index contributed by atoms with van der Waals surface area (Å²) in [7, 11) is 3.66. The molecule has 0 heterocycles. The standard InChI is InChI=1S/C20H20O2/c1-21-9-5-6-10(22-2)12-11(9)15-13-14-16(12)20-8-4-3-7-19(15,20)17(13)18(14)20/h3-6,13-18H,7-8H2,1-2H3/t13-,14+,15-,16-,17-,18-,19+,20-/m0/s1. The molecule has 0 aliphatic heterocycles. The number of benzene rings is 1. The average molecular weight is 292 g/mol. The van der Waals surface area contributed by atoms with Crippen LogP contribution >= 0.6 is 0 Å². The highest BCUT2D eigenvalue weighted by Crippen LogP contribution is 3.06. The van der Waals surface area contributed by atoms with Crippen molar-refractivity contribution < 1.29 is 9.47 Å². The van der Waals surface area contributed by atoms with Crippen molar-refractivity contribution in [2.24, 2.45) is 34.5 Å². The Hall–Kier alpha value is -1.44. The zero-order valence-electron chi connectivity index (χ0n) is 13.0. The fourth-order valence-corrected chi connectivity index (χ4v) is 8.92. The van der Waals surface area contributed by atoms with Crippen LogP contribution in [0.5, 0.6) is 11.5 Å². The Morgan fingerprint density at radius 2 is 1.27 bits per heavy atom. The largest absolute Gasteiger partial charge is 0.496 e. The summed E-state index contributed by atoms with van der Waals surface area (Å²) in [4.78, 5) is 0. The van der Waals surface area contributed by atoms with Crippen LogP contribution in [0.4, 0.5) is 0 Å². The monoisotopic (exact) mass is 292 g/mol. The Kier molecular flexibility index (Phi) is 1.45. The summed E-state index contributed by atoms with van der Waals surface area (Å²) in [6.07, 6.45) is 7.59. The van der Waals surface area contributed by atoms with E-state index in [9.17, 15) is 0 Å². The molecule has 8 atom stereocenters. The lowest BCUT2D eigenvalue weighted by atomic mass is 9.00. The molecule has 1 aromatic rings. The Bertz CT molecular complexity index is 730. The molecular weight excluding hydrogens is 272 g/mol. The van der Waals surface area contributed by atoms with Crippen molar-refractivity contribution in [1.29, 1.82) is 0 Å². The van der Waals surface area contributed by atoms with E-state index >= 15 is 0 Å². The summed E-state index contributed by atoms with van der Waals surface area (Å²) >= 11 is 0. The van der Waals surface area contributed by atoms with E-state index in [1.807, 2.05) is 14.2 Å². The molecule has 0 N–H and O–H groups in total. The molecule has 4 saturated carbocycles. The van der Waals surface area contributed by atoms with Gasteiger partial charge in [0, 0.05) is 11.1 Å². The molecule has 0 saturated heterocycles. The molecule has 2 bridgehead atoms. The zero-order chi connectivity index (χ0) is 14.4. The molecule has 1 aromatic carbocycles. The molecule has 0 aromatic heterocycles. The highest BCUT2D eigenvalue weighted by atomic mass is 16.5. The number of ether oxygens (including phenoxy) is 2. The Balaban J connectivity index is 1.58. The molecule has 7 aliphatic rings. The van der Waals surface area contributed by atoms with E-state index in [0.29, 0.717) is 10.8 Å². The van der Waals surface area contributed by atoms with Crippen LogP contribution in [-0.2, 0) is 0 Å². The van der Waals surface area contributed by atoms with Crippen LogP contribution in [0.2, 0.25) is 0 Å². The number of hydrogen-bond donors (Lipinski definition) is 0. The van der Waals surface area contributed by atoms with Crippen LogP contribution in [0.15, 0.2) is 24.3 Å². The first-order chi connectivity index (χ1) is 10.8. The van der Waals surface area contributed by atoms with Gasteiger partial charge in [-0.15, -0.1) is 0 Å². The molecule has 0 unspecified atom stereocenters. The lowest BCUT2D eigenvalue weighted by molar-refractivity contribution is -0.516. The van der Waals surface area contributed by atoms with E-state index in [1.165, 1.54) is 24.0 Å². The summed E-state index contributed by atoms with van der Waals surface area (Å²) in [5, 5.41) is 0. The molecule has 2 heteroatoms. The van der Waals surface area contributed by atoms with Gasteiger partial charge in [-0.2, -0.15) is 0 Å². The van der Waals surface area contributed by atoms with Crippen LogP contribution in [-0.4, -0.2) is 14.2 Å². The maximum atomic E-state index is 5.79. The molecule has 4 fully saturated rings. The van der Waals surface area contributed by atoms with Gasteiger partial charge in [-0.3, -0.25) is 0 Å². The molecule has 7 aliphatic carbocycles. The van der Waals surface area contributed by atoms with Crippen molar-refractivity contribution in [2.45, 2.75) is 24.7 Å². The first kappa shape index (κ1) is 11.2. The second kappa shape index (κ2) is 2.86. The Labute approximate surface area is 130 Å². The van der Waals surface area contributed by atoms with Crippen LogP contribution in [0.3, 0.4) is 0 Å². The minimum Gasteiger partial charge on any atom is -0.496 e. The van der Waals surface area contributed by atoms with Crippen molar-refractivity contribution in [3.8, 4) is 11.5 Å². The SMILES string of the molecule is COc1ccc(OC)c2c1[C@H]1[C@@H]3[C@H]4[C@H]5[C@H]3[C@@]13CC=CC[C@]53[C@@H]24. The van der Waals surface area contributed by atoms with Crippen molar-refractivity contribution in [2.75, 3.05) is 14.2 Å². The van der Waals surface area contributed by atoms with Gasteiger partial charge in [0.2, 0.25) is 0 Å². The smallest absolute Gasteiger partial charge is 0.122 e. The van der Waals surface area contributed by atoms with Gasteiger partial charge in [0.25, 0.3) is 0 Å². The minimum atomic E-state index is 0.600. The predicted octanol–water partition coefficient (Wildman–Crippen LogP) is 3.73. The third kappa shape index (κ3) is 0.654. The molecule has 2 spiro atoms. The van der Waals surface area contributed by atoms with E-state index in [1.54, 1.807) is 0 Å². The van der Waals surface area contributed by atoms with Crippen molar-refractivity contribution in [3.05, 3.63) is 35.4 Å². The van der Waals surface area contributed by atoms with E-state index < -0.39 is 0 Å². The number of rotatable bonds is 2. The van der Waals surface area contributed by atoms with Crippen LogP contribution in [0, 0.1) is 34.5 Å². The third-order valence-corrected chi connectivity index (χ3v) is 8.94. The highest BCUT2D eigenvalue weighted by molar-refractivity contribution is 5.69. The first-order valence-corrected chi connectivity index (χ1v) is 8.72. The first-order valence-electron chi connectivity index (χ1n) is 8.72. The summed E-state index contributed by atoms with van der Waals surface area (Å²) in [5.74, 6) is 7.78. The normalized spacial score (nSPS) is 55.5. The number of allylic oxidation sites excluding steroid dienone is 2. The molecule has 0 amide bonds. The molecular formula is C20H20O2. The van der Waals surface area contributed by atoms with E-state index in [4.69, 9.17) is 9.47 Å². The molecule has 2 nitrogen and oxygen atoms in total. The summed E-state index contributed by atoms with van der Waals surface area (Å²) in [6, 6.07) is 4.28. The number of hydrogen-bond acceptors (Lipinski definition) is 2. The van der Waals surface area contributed by atoms with Gasteiger partial charge in [-0.1, -0.05) is 12.2 Å². The van der Waals surface area contributed by atoms with Crippen LogP contribution in [0.25, 0.3) is 0 Å². The summed E-state index contributed by atoms with van der Waals surface area (Å²) in [5.41, 5.74) is 4.27. The third-order valence-electron chi connectivity index (χ3n) is 8.94. The van der Waals surface area contributed by atoms with Crippen molar-refractivity contribution in [1.82, 2.24) is 0 Å². The summed E-state index contributed by atoms with van der Waals surface area (Å²) < 4.78 is 11.6. The van der Waals surface area contributed by atoms with E-state index in [0.717, 1.165) is 47.0 Å². The fraction of sp³-hybridized carbons (Fsp3) is 0.600. The van der Waals surface area contributed by atoms with E-state index in [-0.39, 0.29) is 0 Å². The van der Waals surface area contributed by atoms with Crippen LogP contribution < -0.4 is 9.47 Å². The van der Waals surface area contributed by atoms with Crippen LogP contribution in [0.1, 0.15) is 35.8 Å². The van der Waals surface area contributed by atoms with Gasteiger partial charge in [0.1, 0.15) is 11.5 Å². The molecule has 112 valence electrons. The lowest BCUT2D eigenvalue weighted by Crippen LogP contribution is -2.98. The van der Waals surface area contributed by atoms with Gasteiger partial charge in [-0.05, 0) is 71.3 Å². The van der Waals surface area contributed by atoms with Gasteiger partial charge < -0.3 is 9.47 Å².